The van der Waals surface area contributed by atoms with Crippen molar-refractivity contribution in [1.82, 2.24) is 4.90 Å². The van der Waals surface area contributed by atoms with Crippen molar-refractivity contribution in [3.63, 3.8) is 0 Å². The number of carbonyl (C=O) groups excluding carboxylic acids is 1. The molecule has 1 aliphatic heterocycles. The molecule has 2 N–H and O–H groups in total. The average Bonchev–Trinajstić information content (AvgIpc) is 2.97. The minimum atomic E-state index is -0.355. The summed E-state index contributed by atoms with van der Waals surface area (Å²) in [5.74, 6) is -0.355. The highest BCUT2D eigenvalue weighted by atomic mass is 32.1. The van der Waals surface area contributed by atoms with E-state index in [1.807, 2.05) is 30.3 Å². The molecule has 1 aromatic heterocycles. The summed E-state index contributed by atoms with van der Waals surface area (Å²) in [7, 11) is 1.40. The van der Waals surface area contributed by atoms with Crippen molar-refractivity contribution >= 4 is 22.3 Å². The Morgan fingerprint density at radius 2 is 1.92 bits per heavy atom. The number of likely N-dealkylation sites (tertiary alicyclic amines) is 1. The lowest BCUT2D eigenvalue weighted by Gasteiger charge is -2.26. The molecule has 2 heterocycles. The van der Waals surface area contributed by atoms with Gasteiger partial charge in [-0.2, -0.15) is 0 Å². The summed E-state index contributed by atoms with van der Waals surface area (Å²) in [6, 6.07) is 10.00. The number of hydrogen-bond donors (Lipinski definition) is 1. The van der Waals surface area contributed by atoms with Crippen LogP contribution in [0.25, 0.3) is 11.1 Å². The molecule has 0 saturated carbocycles. The molecule has 1 saturated heterocycles. The number of methoxy groups -OCH3 is 1. The number of benzene rings is 1. The number of hydrogen-bond acceptors (Lipinski definition) is 5. The molecule has 0 atom stereocenters. The summed E-state index contributed by atoms with van der Waals surface area (Å²) in [4.78, 5) is 15.9. The standard InChI is InChI=1S/C19H24N2O2S/c1-23-19(22)17-16(14-8-4-2-5-9-14)15(24-18(17)20)10-13-21-11-6-3-7-12-21/h2,4-5,8-9H,3,6-7,10-13,20H2,1H3. The fraction of sp³-hybridized carbons (Fsp3) is 0.421. The molecule has 0 amide bonds. The molecule has 1 aliphatic rings. The summed E-state index contributed by atoms with van der Waals surface area (Å²) in [6.07, 6.45) is 4.82. The van der Waals surface area contributed by atoms with Crippen LogP contribution in [-0.2, 0) is 11.2 Å². The summed E-state index contributed by atoms with van der Waals surface area (Å²) < 4.78 is 4.96. The molecule has 4 nitrogen and oxygen atoms in total. The number of esters is 1. The van der Waals surface area contributed by atoms with Crippen LogP contribution in [0.1, 0.15) is 34.5 Å². The fourth-order valence-corrected chi connectivity index (χ4v) is 4.40. The van der Waals surface area contributed by atoms with E-state index < -0.39 is 0 Å². The van der Waals surface area contributed by atoms with Gasteiger partial charge < -0.3 is 15.4 Å². The number of piperidine rings is 1. The molecule has 0 unspecified atom stereocenters. The third-order valence-corrected chi connectivity index (χ3v) is 5.64. The maximum absolute atomic E-state index is 12.2. The van der Waals surface area contributed by atoms with Crippen molar-refractivity contribution < 1.29 is 9.53 Å². The van der Waals surface area contributed by atoms with Crippen molar-refractivity contribution in [2.24, 2.45) is 0 Å². The Bertz CT molecular complexity index is 691. The number of rotatable bonds is 5. The van der Waals surface area contributed by atoms with E-state index in [2.05, 4.69) is 4.90 Å². The van der Waals surface area contributed by atoms with Gasteiger partial charge in [0.1, 0.15) is 10.6 Å². The lowest BCUT2D eigenvalue weighted by Crippen LogP contribution is -2.31. The Morgan fingerprint density at radius 1 is 1.21 bits per heavy atom. The molecule has 3 rings (SSSR count). The van der Waals surface area contributed by atoms with E-state index in [-0.39, 0.29) is 5.97 Å². The van der Waals surface area contributed by atoms with Gasteiger partial charge in [0.05, 0.1) is 7.11 Å². The number of nitrogens with two attached hydrogens (primary N) is 1. The number of carbonyl (C=O) groups is 1. The molecule has 0 bridgehead atoms. The second-order valence-corrected chi connectivity index (χ2v) is 7.29. The summed E-state index contributed by atoms with van der Waals surface area (Å²) in [5.41, 5.74) is 8.66. The molecule has 0 radical (unpaired) electrons. The van der Waals surface area contributed by atoms with E-state index in [9.17, 15) is 4.79 Å². The molecule has 1 fully saturated rings. The molecular weight excluding hydrogens is 320 g/mol. The van der Waals surface area contributed by atoms with Crippen LogP contribution in [0.5, 0.6) is 0 Å². The Balaban J connectivity index is 1.91. The van der Waals surface area contributed by atoms with Gasteiger partial charge in [0.15, 0.2) is 0 Å². The molecular formula is C19H24N2O2S. The number of anilines is 1. The van der Waals surface area contributed by atoms with Gasteiger partial charge in [0, 0.05) is 17.0 Å². The Hall–Kier alpha value is -1.85. The van der Waals surface area contributed by atoms with E-state index in [1.165, 1.54) is 55.7 Å². The predicted octanol–water partition coefficient (Wildman–Crippen LogP) is 3.81. The Kier molecular flexibility index (Phi) is 5.53. The quantitative estimate of drug-likeness (QED) is 0.838. The van der Waals surface area contributed by atoms with Crippen molar-refractivity contribution in [2.75, 3.05) is 32.5 Å². The highest BCUT2D eigenvalue weighted by molar-refractivity contribution is 7.17. The lowest BCUT2D eigenvalue weighted by atomic mass is 9.99. The van der Waals surface area contributed by atoms with E-state index >= 15 is 0 Å². The second-order valence-electron chi connectivity index (χ2n) is 6.15. The maximum Gasteiger partial charge on any atom is 0.341 e. The maximum atomic E-state index is 12.2. The van der Waals surface area contributed by atoms with Gasteiger partial charge in [-0.1, -0.05) is 36.8 Å². The first-order chi connectivity index (χ1) is 11.7. The van der Waals surface area contributed by atoms with Crippen molar-refractivity contribution in [1.29, 1.82) is 0 Å². The summed E-state index contributed by atoms with van der Waals surface area (Å²) in [6.45, 7) is 3.36. The minimum Gasteiger partial charge on any atom is -0.465 e. The SMILES string of the molecule is COC(=O)c1c(N)sc(CCN2CCCCC2)c1-c1ccccc1. The lowest BCUT2D eigenvalue weighted by molar-refractivity contribution is 0.0603. The zero-order valence-corrected chi connectivity index (χ0v) is 14.9. The van der Waals surface area contributed by atoms with E-state index in [4.69, 9.17) is 10.5 Å². The molecule has 0 spiro atoms. The average molecular weight is 344 g/mol. The second kappa shape index (κ2) is 7.81. The number of ether oxygens (including phenoxy) is 1. The third kappa shape index (κ3) is 3.62. The molecule has 24 heavy (non-hydrogen) atoms. The van der Waals surface area contributed by atoms with Crippen LogP contribution in [-0.4, -0.2) is 37.6 Å². The van der Waals surface area contributed by atoms with Gasteiger partial charge in [0.25, 0.3) is 0 Å². The first-order valence-corrected chi connectivity index (χ1v) is 9.29. The molecule has 5 heteroatoms. The monoisotopic (exact) mass is 344 g/mol. The summed E-state index contributed by atoms with van der Waals surface area (Å²) in [5, 5.41) is 0.550. The Labute approximate surface area is 147 Å². The highest BCUT2D eigenvalue weighted by Crippen LogP contribution is 2.39. The van der Waals surface area contributed by atoms with Gasteiger partial charge in [-0.15, -0.1) is 11.3 Å². The van der Waals surface area contributed by atoms with Crippen LogP contribution >= 0.6 is 11.3 Å². The van der Waals surface area contributed by atoms with Gasteiger partial charge in [-0.25, -0.2) is 4.79 Å². The number of thiophene rings is 1. The molecule has 1 aromatic carbocycles. The smallest absolute Gasteiger partial charge is 0.341 e. The fourth-order valence-electron chi connectivity index (χ4n) is 3.33. The largest absolute Gasteiger partial charge is 0.465 e. The van der Waals surface area contributed by atoms with Crippen LogP contribution in [0.2, 0.25) is 0 Å². The minimum absolute atomic E-state index is 0.355. The number of nitrogen functional groups attached to an aromatic ring is 1. The zero-order chi connectivity index (χ0) is 16.9. The van der Waals surface area contributed by atoms with Gasteiger partial charge >= 0.3 is 5.97 Å². The first-order valence-electron chi connectivity index (χ1n) is 8.48. The van der Waals surface area contributed by atoms with Gasteiger partial charge in [0.2, 0.25) is 0 Å². The van der Waals surface area contributed by atoms with E-state index in [1.54, 1.807) is 0 Å². The Morgan fingerprint density at radius 3 is 2.58 bits per heavy atom. The van der Waals surface area contributed by atoms with Crippen LogP contribution in [0, 0.1) is 0 Å². The van der Waals surface area contributed by atoms with Crippen molar-refractivity contribution in [3.05, 3.63) is 40.8 Å². The van der Waals surface area contributed by atoms with Crippen LogP contribution in [0.4, 0.5) is 5.00 Å². The van der Waals surface area contributed by atoms with E-state index in [0.717, 1.165) is 24.1 Å². The zero-order valence-electron chi connectivity index (χ0n) is 14.1. The van der Waals surface area contributed by atoms with Gasteiger partial charge in [-0.05, 0) is 37.9 Å². The molecule has 0 aliphatic carbocycles. The van der Waals surface area contributed by atoms with Crippen LogP contribution < -0.4 is 5.73 Å². The summed E-state index contributed by atoms with van der Waals surface area (Å²) >= 11 is 1.52. The third-order valence-electron chi connectivity index (χ3n) is 4.56. The predicted molar refractivity (Wildman–Crippen MR) is 99.5 cm³/mol. The normalized spacial score (nSPS) is 15.4. The van der Waals surface area contributed by atoms with E-state index in [0.29, 0.717) is 10.6 Å². The topological polar surface area (TPSA) is 55.6 Å². The van der Waals surface area contributed by atoms with Crippen LogP contribution in [0.15, 0.2) is 30.3 Å². The van der Waals surface area contributed by atoms with Gasteiger partial charge in [-0.3, -0.25) is 0 Å². The molecule has 2 aromatic rings. The highest BCUT2D eigenvalue weighted by Gasteiger charge is 2.24. The number of nitrogens with zero attached hydrogens (tertiary/aromatic N) is 1. The van der Waals surface area contributed by atoms with Crippen molar-refractivity contribution in [3.8, 4) is 11.1 Å². The first kappa shape index (κ1) is 17.0. The van der Waals surface area contributed by atoms with Crippen LogP contribution in [0.3, 0.4) is 0 Å². The molecule has 128 valence electrons. The van der Waals surface area contributed by atoms with Crippen molar-refractivity contribution in [2.45, 2.75) is 25.7 Å².